The Morgan fingerprint density at radius 1 is 1.17 bits per heavy atom. The number of nitrogens with one attached hydrogen (secondary N) is 4. The first-order valence-electron chi connectivity index (χ1n) is 15.1. The number of aromatic amines is 1. The Morgan fingerprint density at radius 3 is 2.59 bits per heavy atom. The molecule has 246 valence electrons. The summed E-state index contributed by atoms with van der Waals surface area (Å²) < 4.78 is 34.3. The van der Waals surface area contributed by atoms with E-state index >= 15 is 0 Å². The first-order valence-corrected chi connectivity index (χ1v) is 16.8. The minimum Gasteiger partial charge on any atom is -0.480 e. The van der Waals surface area contributed by atoms with Crippen molar-refractivity contribution in [3.8, 4) is 5.75 Å². The van der Waals surface area contributed by atoms with Crippen LogP contribution in [0.5, 0.6) is 5.75 Å². The lowest BCUT2D eigenvalue weighted by Gasteiger charge is -2.41. The van der Waals surface area contributed by atoms with Crippen LogP contribution in [0.25, 0.3) is 11.0 Å². The second-order valence-corrected chi connectivity index (χ2v) is 15.3. The molecule has 5 rings (SSSR count). The molecule has 0 radical (unpaired) electrons. The summed E-state index contributed by atoms with van der Waals surface area (Å²) >= 11 is 0. The molecule has 1 aromatic heterocycles. The second-order valence-electron chi connectivity index (χ2n) is 13.5. The highest BCUT2D eigenvalue weighted by molar-refractivity contribution is 7.89. The maximum absolute atomic E-state index is 13.2. The number of nitrogens with zero attached hydrogens (tertiary/aromatic N) is 1. The Kier molecular flexibility index (Phi) is 8.97. The van der Waals surface area contributed by atoms with Gasteiger partial charge in [0.1, 0.15) is 17.6 Å². The van der Waals surface area contributed by atoms with E-state index in [1.54, 1.807) is 19.1 Å². The molecule has 14 heteroatoms. The summed E-state index contributed by atoms with van der Waals surface area (Å²) in [6, 6.07) is 10.3. The van der Waals surface area contributed by atoms with E-state index in [-0.39, 0.29) is 53.8 Å². The van der Waals surface area contributed by atoms with Gasteiger partial charge >= 0.3 is 5.97 Å². The van der Waals surface area contributed by atoms with E-state index in [2.05, 4.69) is 46.1 Å². The smallest absolute Gasteiger partial charge is 0.322 e. The van der Waals surface area contributed by atoms with Crippen LogP contribution < -0.4 is 20.1 Å². The molecule has 0 bridgehead atoms. The fraction of sp³-hybridized carbons (Fsp3) is 0.469. The molecule has 0 saturated heterocycles. The average Bonchev–Trinajstić information content (AvgIpc) is 3.36. The van der Waals surface area contributed by atoms with E-state index in [9.17, 15) is 32.7 Å². The third kappa shape index (κ3) is 7.56. The molecule has 2 amide bonds. The predicted octanol–water partition coefficient (Wildman–Crippen LogP) is 3.63. The number of carboxylic acids is 1. The molecule has 46 heavy (non-hydrogen) atoms. The number of carbonyl (C=O) groups is 4. The molecule has 5 N–H and O–H groups in total. The molecule has 1 aliphatic carbocycles. The quantitative estimate of drug-likeness (QED) is 0.217. The number of aliphatic carboxylic acids is 1. The maximum Gasteiger partial charge on any atom is 0.322 e. The second kappa shape index (κ2) is 12.5. The third-order valence-electron chi connectivity index (χ3n) is 8.82. The number of aromatic nitrogens is 2. The molecule has 2 aliphatic rings. The van der Waals surface area contributed by atoms with Crippen LogP contribution in [0, 0.1) is 16.7 Å². The van der Waals surface area contributed by atoms with Crippen molar-refractivity contribution in [2.24, 2.45) is 16.7 Å². The van der Waals surface area contributed by atoms with Gasteiger partial charge in [0.25, 0.3) is 5.91 Å². The number of sulfonamides is 1. The molecule has 1 saturated carbocycles. The van der Waals surface area contributed by atoms with Crippen molar-refractivity contribution in [1.82, 2.24) is 14.7 Å². The minimum absolute atomic E-state index is 0.0757. The van der Waals surface area contributed by atoms with Gasteiger partial charge in [0.2, 0.25) is 21.9 Å². The maximum atomic E-state index is 13.2. The van der Waals surface area contributed by atoms with Crippen LogP contribution in [0.2, 0.25) is 0 Å². The van der Waals surface area contributed by atoms with Crippen molar-refractivity contribution >= 4 is 56.3 Å². The number of rotatable bonds is 10. The molecule has 2 aromatic carbocycles. The number of fused-ring (bicyclic) bond motifs is 2. The number of benzene rings is 2. The molecular formula is C32H39N5O8S. The van der Waals surface area contributed by atoms with Gasteiger partial charge in [-0.25, -0.2) is 18.1 Å². The van der Waals surface area contributed by atoms with Crippen LogP contribution in [0.1, 0.15) is 58.9 Å². The van der Waals surface area contributed by atoms with Crippen LogP contribution in [0.4, 0.5) is 11.6 Å². The van der Waals surface area contributed by atoms with Crippen molar-refractivity contribution < 1.29 is 37.4 Å². The lowest BCUT2D eigenvalue weighted by molar-refractivity contribution is -0.139. The predicted molar refractivity (Wildman–Crippen MR) is 171 cm³/mol. The number of ether oxygens (including phenoxy) is 1. The molecule has 2 heterocycles. The van der Waals surface area contributed by atoms with Gasteiger partial charge < -0.3 is 20.1 Å². The number of anilines is 2. The molecular weight excluding hydrogens is 614 g/mol. The van der Waals surface area contributed by atoms with Crippen LogP contribution in [-0.2, 0) is 35.6 Å². The monoisotopic (exact) mass is 653 g/mol. The molecule has 3 aromatic rings. The Labute approximate surface area is 266 Å². The number of H-pyrrole nitrogens is 1. The van der Waals surface area contributed by atoms with E-state index < -0.39 is 51.1 Å². The number of amides is 2. The number of ketones is 1. The van der Waals surface area contributed by atoms with Gasteiger partial charge in [-0.2, -0.15) is 0 Å². The molecule has 1 fully saturated rings. The fourth-order valence-electron chi connectivity index (χ4n) is 6.01. The van der Waals surface area contributed by atoms with Crippen LogP contribution in [0.3, 0.4) is 0 Å². The molecule has 13 nitrogen and oxygen atoms in total. The summed E-state index contributed by atoms with van der Waals surface area (Å²) in [6.45, 7) is 7.81. The van der Waals surface area contributed by atoms with Gasteiger partial charge in [0, 0.05) is 11.8 Å². The highest BCUT2D eigenvalue weighted by Gasteiger charge is 2.45. The van der Waals surface area contributed by atoms with Crippen LogP contribution in [-0.4, -0.2) is 65.0 Å². The number of Topliss-reactive ketones (excluding diaryl/α,β-unsaturated/α-hetero) is 1. The number of hydrogen-bond donors (Lipinski definition) is 5. The zero-order valence-electron chi connectivity index (χ0n) is 26.2. The zero-order valence-corrected chi connectivity index (χ0v) is 27.0. The Hall–Kier alpha value is -4.30. The standard InChI is InChI=1S/C32H39N5O8S/c1-31(2,3)19-11-12-32(4,26(38)15-19)17-46(43,44)37-23(29(41)42)14-18-9-10-24-22(13-18)33-28(40)25(45-24)16-27(39)36-30-34-20-7-5-6-8-21(20)35-30/h5-10,13,19,23,25,37H,11-12,14-17H2,1-4H3,(H,33,40)(H,41,42)(H2,34,35,36,39)/t19?,23-,25?,32?/m0/s1. The highest BCUT2D eigenvalue weighted by Crippen LogP contribution is 2.43. The lowest BCUT2D eigenvalue weighted by Crippen LogP contribution is -2.49. The van der Waals surface area contributed by atoms with E-state index in [0.29, 0.717) is 23.9 Å². The Morgan fingerprint density at radius 2 is 1.91 bits per heavy atom. The number of hydrogen-bond acceptors (Lipinski definition) is 8. The molecule has 4 atom stereocenters. The van der Waals surface area contributed by atoms with Gasteiger partial charge in [0.15, 0.2) is 6.10 Å². The van der Waals surface area contributed by atoms with Crippen molar-refractivity contribution in [3.63, 3.8) is 0 Å². The summed E-state index contributed by atoms with van der Waals surface area (Å²) in [5.74, 6) is -2.42. The fourth-order valence-corrected chi connectivity index (χ4v) is 7.86. The van der Waals surface area contributed by atoms with Gasteiger partial charge in [-0.1, -0.05) is 45.9 Å². The third-order valence-corrected chi connectivity index (χ3v) is 10.5. The minimum atomic E-state index is -4.16. The van der Waals surface area contributed by atoms with Crippen molar-refractivity contribution in [1.29, 1.82) is 0 Å². The van der Waals surface area contributed by atoms with E-state index in [0.717, 1.165) is 5.52 Å². The van der Waals surface area contributed by atoms with Gasteiger partial charge in [0.05, 0.1) is 28.9 Å². The number of imidazole rings is 1. The van der Waals surface area contributed by atoms with Gasteiger partial charge in [-0.15, -0.1) is 0 Å². The lowest BCUT2D eigenvalue weighted by atomic mass is 9.65. The first-order chi connectivity index (χ1) is 21.5. The largest absolute Gasteiger partial charge is 0.480 e. The van der Waals surface area contributed by atoms with Crippen molar-refractivity contribution in [2.75, 3.05) is 16.4 Å². The summed E-state index contributed by atoms with van der Waals surface area (Å²) in [7, 11) is -4.16. The molecule has 1 aliphatic heterocycles. The van der Waals surface area contributed by atoms with Crippen LogP contribution in [0.15, 0.2) is 42.5 Å². The van der Waals surface area contributed by atoms with Crippen LogP contribution >= 0.6 is 0 Å². The average molecular weight is 654 g/mol. The molecule has 3 unspecified atom stereocenters. The topological polar surface area (TPSA) is 197 Å². The van der Waals surface area contributed by atoms with Gasteiger partial charge in [-0.05, 0) is 60.4 Å². The summed E-state index contributed by atoms with van der Waals surface area (Å²) in [4.78, 5) is 57.8. The Balaban J connectivity index is 1.20. The zero-order chi connectivity index (χ0) is 33.4. The highest BCUT2D eigenvalue weighted by atomic mass is 32.2. The van der Waals surface area contributed by atoms with Crippen molar-refractivity contribution in [2.45, 2.75) is 71.9 Å². The number of carbonyl (C=O) groups excluding carboxylic acids is 3. The molecule has 0 spiro atoms. The first kappa shape index (κ1) is 33.1. The van der Waals surface area contributed by atoms with E-state index in [1.165, 1.54) is 12.1 Å². The summed E-state index contributed by atoms with van der Waals surface area (Å²) in [5, 5.41) is 15.2. The van der Waals surface area contributed by atoms with E-state index in [1.807, 2.05) is 18.2 Å². The number of carboxylic acid groups (broad SMARTS) is 1. The normalized spacial score (nSPS) is 22.4. The summed E-state index contributed by atoms with van der Waals surface area (Å²) in [5.41, 5.74) is 0.922. The summed E-state index contributed by atoms with van der Waals surface area (Å²) in [6.07, 6.45) is -0.237. The van der Waals surface area contributed by atoms with Gasteiger partial charge in [-0.3, -0.25) is 24.5 Å². The Bertz CT molecular complexity index is 1760. The number of para-hydroxylation sites is 2. The van der Waals surface area contributed by atoms with E-state index in [4.69, 9.17) is 4.74 Å². The SMILES string of the molecule is CC1(CS(=O)(=O)N[C@@H](Cc2ccc3c(c2)NC(=O)C(CC(=O)Nc2nc4ccccc4[nH]2)O3)C(=O)O)CCC(C(C)(C)C)CC1=O. The van der Waals surface area contributed by atoms with Crippen molar-refractivity contribution in [3.05, 3.63) is 48.0 Å².